The molecule has 0 spiro atoms. The Morgan fingerprint density at radius 2 is 2.16 bits per heavy atom. The quantitative estimate of drug-likeness (QED) is 0.838. The average Bonchev–Trinajstić information content (AvgIpc) is 2.82. The number of carboxylic acids is 1. The third kappa shape index (κ3) is 3.31. The number of piperidine rings is 1. The molecular formula is C12H17N3O4. The van der Waals surface area contributed by atoms with Gasteiger partial charge in [-0.2, -0.15) is 0 Å². The van der Waals surface area contributed by atoms with Gasteiger partial charge in [-0.1, -0.05) is 0 Å². The van der Waals surface area contributed by atoms with Crippen molar-refractivity contribution in [3.8, 4) is 0 Å². The van der Waals surface area contributed by atoms with Crippen molar-refractivity contribution in [1.29, 1.82) is 0 Å². The Morgan fingerprint density at radius 1 is 1.47 bits per heavy atom. The maximum absolute atomic E-state index is 12.2. The van der Waals surface area contributed by atoms with Gasteiger partial charge < -0.3 is 19.3 Å². The maximum Gasteiger partial charge on any atom is 0.329 e. The summed E-state index contributed by atoms with van der Waals surface area (Å²) < 4.78 is 6.92. The topological polar surface area (TPSA) is 84.7 Å². The fourth-order valence-electron chi connectivity index (χ4n) is 2.14. The fraction of sp³-hybridized carbons (Fsp3) is 0.583. The Labute approximate surface area is 110 Å². The Bertz CT molecular complexity index is 463. The van der Waals surface area contributed by atoms with Crippen LogP contribution in [0, 0.1) is 0 Å². The van der Waals surface area contributed by atoms with E-state index in [2.05, 4.69) is 4.98 Å². The first kappa shape index (κ1) is 13.5. The minimum absolute atomic E-state index is 0.0447. The predicted octanol–water partition coefficient (Wildman–Crippen LogP) is 0.126. The maximum atomic E-state index is 12.2. The van der Waals surface area contributed by atoms with Crippen LogP contribution in [0.5, 0.6) is 0 Å². The lowest BCUT2D eigenvalue weighted by atomic mass is 10.1. The van der Waals surface area contributed by atoms with Gasteiger partial charge in [-0.3, -0.25) is 4.79 Å². The normalized spacial score (nSPS) is 16.6. The molecule has 19 heavy (non-hydrogen) atoms. The molecule has 1 aromatic rings. The number of imidazole rings is 1. The summed E-state index contributed by atoms with van der Waals surface area (Å²) >= 11 is 0. The molecular weight excluding hydrogens is 250 g/mol. The number of rotatable bonds is 4. The molecule has 7 nitrogen and oxygen atoms in total. The number of aliphatic carboxylic acids is 1. The summed E-state index contributed by atoms with van der Waals surface area (Å²) in [5.74, 6) is -1.01. The molecule has 104 valence electrons. The average molecular weight is 267 g/mol. The molecule has 0 saturated carbocycles. The van der Waals surface area contributed by atoms with E-state index in [1.165, 1.54) is 0 Å². The van der Waals surface area contributed by atoms with E-state index in [0.29, 0.717) is 31.6 Å². The molecule has 1 aliphatic heterocycles. The first-order chi connectivity index (χ1) is 9.08. The molecule has 0 atom stereocenters. The van der Waals surface area contributed by atoms with E-state index in [-0.39, 0.29) is 18.6 Å². The van der Waals surface area contributed by atoms with Crippen molar-refractivity contribution in [2.75, 3.05) is 19.7 Å². The van der Waals surface area contributed by atoms with Gasteiger partial charge in [0.15, 0.2) is 0 Å². The first-order valence-electron chi connectivity index (χ1n) is 6.17. The molecule has 0 radical (unpaired) electrons. The van der Waals surface area contributed by atoms with Crippen LogP contribution < -0.4 is 0 Å². The number of hydrogen-bond donors (Lipinski definition) is 1. The molecule has 0 bridgehead atoms. The van der Waals surface area contributed by atoms with Crippen LogP contribution in [-0.4, -0.2) is 57.2 Å². The van der Waals surface area contributed by atoms with Gasteiger partial charge in [-0.25, -0.2) is 9.78 Å². The molecule has 1 saturated heterocycles. The van der Waals surface area contributed by atoms with E-state index < -0.39 is 5.97 Å². The number of amides is 1. The van der Waals surface area contributed by atoms with Crippen molar-refractivity contribution < 1.29 is 19.4 Å². The van der Waals surface area contributed by atoms with Gasteiger partial charge in [0.25, 0.3) is 5.91 Å². The van der Waals surface area contributed by atoms with E-state index in [4.69, 9.17) is 9.84 Å². The molecule has 0 aliphatic carbocycles. The minimum Gasteiger partial charge on any atom is -0.480 e. The molecule has 1 amide bonds. The van der Waals surface area contributed by atoms with Crippen LogP contribution in [-0.2, 0) is 16.6 Å². The molecule has 0 aromatic carbocycles. The van der Waals surface area contributed by atoms with Crippen LogP contribution in [0.25, 0.3) is 0 Å². The highest BCUT2D eigenvalue weighted by Gasteiger charge is 2.25. The van der Waals surface area contributed by atoms with Crippen molar-refractivity contribution in [3.05, 3.63) is 18.2 Å². The van der Waals surface area contributed by atoms with Gasteiger partial charge in [0.1, 0.15) is 12.3 Å². The van der Waals surface area contributed by atoms with E-state index in [9.17, 15) is 9.59 Å². The Morgan fingerprint density at radius 3 is 2.68 bits per heavy atom. The summed E-state index contributed by atoms with van der Waals surface area (Å²) in [7, 11) is 1.78. The number of ether oxygens (including phenoxy) is 1. The van der Waals surface area contributed by atoms with Crippen LogP contribution in [0.15, 0.2) is 12.5 Å². The van der Waals surface area contributed by atoms with Crippen LogP contribution in [0.2, 0.25) is 0 Å². The standard InChI is InChI=1S/C12H17N3O4/c1-14-8-13-6-10(14)12(18)15-4-2-9(3-5-15)19-7-11(16)17/h6,8-9H,2-5,7H2,1H3,(H,16,17). The van der Waals surface area contributed by atoms with Crippen molar-refractivity contribution in [3.63, 3.8) is 0 Å². The highest BCUT2D eigenvalue weighted by Crippen LogP contribution is 2.16. The smallest absolute Gasteiger partial charge is 0.329 e. The van der Waals surface area contributed by atoms with E-state index in [1.54, 1.807) is 29.0 Å². The second-order valence-corrected chi connectivity index (χ2v) is 4.59. The number of carbonyl (C=O) groups is 2. The Hall–Kier alpha value is -1.89. The summed E-state index contributed by atoms with van der Waals surface area (Å²) in [4.78, 5) is 28.3. The lowest BCUT2D eigenvalue weighted by Crippen LogP contribution is -2.41. The van der Waals surface area contributed by atoms with E-state index in [1.807, 2.05) is 0 Å². The monoisotopic (exact) mass is 267 g/mol. The van der Waals surface area contributed by atoms with Crippen molar-refractivity contribution in [2.45, 2.75) is 18.9 Å². The minimum atomic E-state index is -0.964. The van der Waals surface area contributed by atoms with Crippen LogP contribution in [0.1, 0.15) is 23.3 Å². The molecule has 2 heterocycles. The number of likely N-dealkylation sites (tertiary alicyclic amines) is 1. The fourth-order valence-corrected chi connectivity index (χ4v) is 2.14. The lowest BCUT2D eigenvalue weighted by molar-refractivity contribution is -0.145. The number of nitrogens with zero attached hydrogens (tertiary/aromatic N) is 3. The van der Waals surface area contributed by atoms with Gasteiger partial charge in [0.05, 0.1) is 18.6 Å². The number of hydrogen-bond acceptors (Lipinski definition) is 4. The van der Waals surface area contributed by atoms with Crippen LogP contribution >= 0.6 is 0 Å². The number of carbonyl (C=O) groups excluding carboxylic acids is 1. The SMILES string of the molecule is Cn1cncc1C(=O)N1CCC(OCC(=O)O)CC1. The highest BCUT2D eigenvalue weighted by molar-refractivity contribution is 5.92. The predicted molar refractivity (Wildman–Crippen MR) is 65.7 cm³/mol. The second-order valence-electron chi connectivity index (χ2n) is 4.59. The first-order valence-corrected chi connectivity index (χ1v) is 6.17. The van der Waals surface area contributed by atoms with Gasteiger partial charge in [0.2, 0.25) is 0 Å². The summed E-state index contributed by atoms with van der Waals surface area (Å²) in [5.41, 5.74) is 0.560. The van der Waals surface area contributed by atoms with Crippen LogP contribution in [0.3, 0.4) is 0 Å². The number of carboxylic acid groups (broad SMARTS) is 1. The zero-order chi connectivity index (χ0) is 13.8. The van der Waals surface area contributed by atoms with E-state index >= 15 is 0 Å². The molecule has 1 fully saturated rings. The Kier molecular flexibility index (Phi) is 4.16. The summed E-state index contributed by atoms with van der Waals surface area (Å²) in [6.07, 6.45) is 4.39. The van der Waals surface area contributed by atoms with Crippen molar-refractivity contribution in [2.24, 2.45) is 7.05 Å². The summed E-state index contributed by atoms with van der Waals surface area (Å²) in [6.45, 7) is 0.878. The van der Waals surface area contributed by atoms with Crippen LogP contribution in [0.4, 0.5) is 0 Å². The van der Waals surface area contributed by atoms with Gasteiger partial charge in [-0.05, 0) is 12.8 Å². The highest BCUT2D eigenvalue weighted by atomic mass is 16.5. The summed E-state index contributed by atoms with van der Waals surface area (Å²) in [5, 5.41) is 8.54. The number of aryl methyl sites for hydroxylation is 1. The van der Waals surface area contributed by atoms with Gasteiger partial charge >= 0.3 is 5.97 Å². The summed E-state index contributed by atoms with van der Waals surface area (Å²) in [6, 6.07) is 0. The largest absolute Gasteiger partial charge is 0.480 e. The molecule has 1 N–H and O–H groups in total. The van der Waals surface area contributed by atoms with Gasteiger partial charge in [0, 0.05) is 20.1 Å². The van der Waals surface area contributed by atoms with Gasteiger partial charge in [-0.15, -0.1) is 0 Å². The van der Waals surface area contributed by atoms with Crippen molar-refractivity contribution >= 4 is 11.9 Å². The van der Waals surface area contributed by atoms with Crippen molar-refractivity contribution in [1.82, 2.24) is 14.5 Å². The molecule has 7 heteroatoms. The molecule has 1 aromatic heterocycles. The molecule has 1 aliphatic rings. The lowest BCUT2D eigenvalue weighted by Gasteiger charge is -2.31. The van der Waals surface area contributed by atoms with E-state index in [0.717, 1.165) is 0 Å². The Balaban J connectivity index is 1.85. The second kappa shape index (κ2) is 5.83. The molecule has 2 rings (SSSR count). The number of aromatic nitrogens is 2. The zero-order valence-corrected chi connectivity index (χ0v) is 10.8. The molecule has 0 unspecified atom stereocenters. The third-order valence-electron chi connectivity index (χ3n) is 3.21. The zero-order valence-electron chi connectivity index (χ0n) is 10.8. The third-order valence-corrected chi connectivity index (χ3v) is 3.21.